The van der Waals surface area contributed by atoms with Crippen LogP contribution in [0.3, 0.4) is 0 Å². The molecule has 1 aromatic rings. The van der Waals surface area contributed by atoms with Crippen LogP contribution >= 0.6 is 0 Å². The fourth-order valence-electron chi connectivity index (χ4n) is 4.02. The first kappa shape index (κ1) is 15.1. The van der Waals surface area contributed by atoms with E-state index in [0.717, 1.165) is 12.5 Å². The van der Waals surface area contributed by atoms with Gasteiger partial charge in [0.15, 0.2) is 0 Å². The molecule has 0 bridgehead atoms. The van der Waals surface area contributed by atoms with E-state index in [1.807, 2.05) is 7.11 Å². The van der Waals surface area contributed by atoms with Crippen molar-refractivity contribution in [2.24, 2.45) is 0 Å². The summed E-state index contributed by atoms with van der Waals surface area (Å²) in [6.07, 6.45) is 8.74. The van der Waals surface area contributed by atoms with Gasteiger partial charge in [-0.05, 0) is 68.5 Å². The predicted molar refractivity (Wildman–Crippen MR) is 87.8 cm³/mol. The summed E-state index contributed by atoms with van der Waals surface area (Å²) in [6.45, 7) is 3.37. The van der Waals surface area contributed by atoms with Crippen LogP contribution in [0.5, 0.6) is 0 Å². The number of fused-ring (bicyclic) bond motifs is 1. The highest BCUT2D eigenvalue weighted by atomic mass is 16.5. The fraction of sp³-hybridized carbons (Fsp3) is 0.684. The van der Waals surface area contributed by atoms with Crippen molar-refractivity contribution >= 4 is 0 Å². The quantitative estimate of drug-likeness (QED) is 0.779. The van der Waals surface area contributed by atoms with Crippen LogP contribution < -0.4 is 5.32 Å². The molecule has 3 rings (SSSR count). The van der Waals surface area contributed by atoms with Gasteiger partial charge in [0.1, 0.15) is 0 Å². The van der Waals surface area contributed by atoms with Crippen LogP contribution in [0.15, 0.2) is 24.3 Å². The molecular formula is C19H29NO. The second kappa shape index (κ2) is 6.50. The van der Waals surface area contributed by atoms with Crippen LogP contribution in [-0.2, 0) is 11.2 Å². The zero-order valence-corrected chi connectivity index (χ0v) is 13.5. The van der Waals surface area contributed by atoms with E-state index in [1.54, 1.807) is 11.1 Å². The number of nitrogens with one attached hydrogen (secondary N) is 1. The Morgan fingerprint density at radius 2 is 2.14 bits per heavy atom. The summed E-state index contributed by atoms with van der Waals surface area (Å²) in [7, 11) is 1.90. The van der Waals surface area contributed by atoms with E-state index in [-0.39, 0.29) is 5.60 Å². The second-order valence-electron chi connectivity index (χ2n) is 6.93. The van der Waals surface area contributed by atoms with Crippen molar-refractivity contribution in [3.8, 4) is 0 Å². The maximum absolute atomic E-state index is 5.85. The van der Waals surface area contributed by atoms with Crippen molar-refractivity contribution in [1.29, 1.82) is 0 Å². The summed E-state index contributed by atoms with van der Waals surface area (Å²) in [5.74, 6) is 0.754. The molecule has 0 amide bonds. The van der Waals surface area contributed by atoms with E-state index in [1.165, 1.54) is 44.9 Å². The highest BCUT2D eigenvalue weighted by molar-refractivity contribution is 5.39. The average Bonchev–Trinajstić information content (AvgIpc) is 2.45. The Balaban J connectivity index is 1.61. The summed E-state index contributed by atoms with van der Waals surface area (Å²) in [5.41, 5.74) is 3.32. The highest BCUT2D eigenvalue weighted by Gasteiger charge is 2.40. The van der Waals surface area contributed by atoms with Gasteiger partial charge in [-0.25, -0.2) is 0 Å². The Morgan fingerprint density at radius 3 is 2.76 bits per heavy atom. The number of rotatable bonds is 8. The summed E-state index contributed by atoms with van der Waals surface area (Å²) < 4.78 is 5.85. The predicted octanol–water partition coefficient (Wildman–Crippen LogP) is 4.04. The van der Waals surface area contributed by atoms with Crippen LogP contribution in [0.4, 0.5) is 0 Å². The SMILES string of the molecule is CCCNC(CC1Cc2ccccc21)CC1(OC)CCC1. The van der Waals surface area contributed by atoms with E-state index in [9.17, 15) is 0 Å². The Kier molecular flexibility index (Phi) is 4.66. The van der Waals surface area contributed by atoms with Gasteiger partial charge in [0.05, 0.1) is 5.60 Å². The molecule has 116 valence electrons. The van der Waals surface area contributed by atoms with Crippen molar-refractivity contribution in [3.05, 3.63) is 35.4 Å². The minimum Gasteiger partial charge on any atom is -0.378 e. The number of hydrogen-bond acceptors (Lipinski definition) is 2. The molecule has 2 aliphatic carbocycles. The lowest BCUT2D eigenvalue weighted by Crippen LogP contribution is -2.47. The zero-order valence-electron chi connectivity index (χ0n) is 13.5. The molecule has 2 unspecified atom stereocenters. The van der Waals surface area contributed by atoms with Crippen LogP contribution in [0.2, 0.25) is 0 Å². The lowest BCUT2D eigenvalue weighted by atomic mass is 9.70. The molecular weight excluding hydrogens is 258 g/mol. The summed E-state index contributed by atoms with van der Waals surface area (Å²) in [6, 6.07) is 9.54. The molecule has 0 heterocycles. The van der Waals surface area contributed by atoms with Crippen molar-refractivity contribution in [2.45, 2.75) is 69.4 Å². The lowest BCUT2D eigenvalue weighted by molar-refractivity contribution is -0.0842. The van der Waals surface area contributed by atoms with Crippen molar-refractivity contribution in [3.63, 3.8) is 0 Å². The monoisotopic (exact) mass is 287 g/mol. The van der Waals surface area contributed by atoms with Crippen LogP contribution in [-0.4, -0.2) is 25.3 Å². The minimum absolute atomic E-state index is 0.175. The third-order valence-corrected chi connectivity index (χ3v) is 5.53. The summed E-state index contributed by atoms with van der Waals surface area (Å²) in [5, 5.41) is 3.78. The molecule has 2 heteroatoms. The first-order valence-corrected chi connectivity index (χ1v) is 8.62. The van der Waals surface area contributed by atoms with Gasteiger partial charge in [0.2, 0.25) is 0 Å². The maximum atomic E-state index is 5.85. The van der Waals surface area contributed by atoms with Gasteiger partial charge >= 0.3 is 0 Å². The Bertz CT molecular complexity index is 461. The van der Waals surface area contributed by atoms with E-state index in [0.29, 0.717) is 6.04 Å². The molecule has 1 saturated carbocycles. The molecule has 2 atom stereocenters. The normalized spacial score (nSPS) is 23.8. The third-order valence-electron chi connectivity index (χ3n) is 5.53. The summed E-state index contributed by atoms with van der Waals surface area (Å²) in [4.78, 5) is 0. The molecule has 1 fully saturated rings. The molecule has 0 radical (unpaired) electrons. The Labute approximate surface area is 129 Å². The van der Waals surface area contributed by atoms with E-state index in [4.69, 9.17) is 4.74 Å². The Hall–Kier alpha value is -0.860. The zero-order chi connectivity index (χ0) is 14.7. The van der Waals surface area contributed by atoms with Crippen molar-refractivity contribution in [2.75, 3.05) is 13.7 Å². The smallest absolute Gasteiger partial charge is 0.0693 e. The van der Waals surface area contributed by atoms with Gasteiger partial charge in [0.25, 0.3) is 0 Å². The molecule has 21 heavy (non-hydrogen) atoms. The third kappa shape index (κ3) is 3.17. The van der Waals surface area contributed by atoms with Gasteiger partial charge in [-0.1, -0.05) is 31.2 Å². The number of benzene rings is 1. The summed E-state index contributed by atoms with van der Waals surface area (Å²) >= 11 is 0. The highest BCUT2D eigenvalue weighted by Crippen LogP contribution is 2.43. The van der Waals surface area contributed by atoms with Crippen molar-refractivity contribution < 1.29 is 4.74 Å². The van der Waals surface area contributed by atoms with Gasteiger partial charge in [-0.15, -0.1) is 0 Å². The van der Waals surface area contributed by atoms with E-state index >= 15 is 0 Å². The van der Waals surface area contributed by atoms with Crippen LogP contribution in [0, 0.1) is 0 Å². The van der Waals surface area contributed by atoms with Gasteiger partial charge in [-0.2, -0.15) is 0 Å². The molecule has 1 N–H and O–H groups in total. The first-order chi connectivity index (χ1) is 10.3. The minimum atomic E-state index is 0.175. The largest absolute Gasteiger partial charge is 0.378 e. The number of hydrogen-bond donors (Lipinski definition) is 1. The molecule has 0 aromatic heterocycles. The number of methoxy groups -OCH3 is 1. The average molecular weight is 287 g/mol. The maximum Gasteiger partial charge on any atom is 0.0693 e. The van der Waals surface area contributed by atoms with Gasteiger partial charge in [0, 0.05) is 13.2 Å². The van der Waals surface area contributed by atoms with Crippen LogP contribution in [0.1, 0.15) is 62.5 Å². The molecule has 1 aromatic carbocycles. The van der Waals surface area contributed by atoms with E-state index < -0.39 is 0 Å². The molecule has 2 aliphatic rings. The fourth-order valence-corrected chi connectivity index (χ4v) is 4.02. The standard InChI is InChI=1S/C19H29NO/c1-3-11-20-17(14-19(21-2)9-6-10-19)13-16-12-15-7-4-5-8-18(15)16/h4-5,7-8,16-17,20H,3,6,9-14H2,1-2H3. The molecule has 0 saturated heterocycles. The van der Waals surface area contributed by atoms with E-state index in [2.05, 4.69) is 36.5 Å². The lowest BCUT2D eigenvalue weighted by Gasteiger charge is -2.44. The Morgan fingerprint density at radius 1 is 1.33 bits per heavy atom. The van der Waals surface area contributed by atoms with Gasteiger partial charge in [-0.3, -0.25) is 0 Å². The van der Waals surface area contributed by atoms with Crippen LogP contribution in [0.25, 0.3) is 0 Å². The molecule has 0 spiro atoms. The molecule has 2 nitrogen and oxygen atoms in total. The van der Waals surface area contributed by atoms with Gasteiger partial charge < -0.3 is 10.1 Å². The number of ether oxygens (including phenoxy) is 1. The van der Waals surface area contributed by atoms with Crippen molar-refractivity contribution in [1.82, 2.24) is 5.32 Å². The topological polar surface area (TPSA) is 21.3 Å². The molecule has 0 aliphatic heterocycles. The first-order valence-electron chi connectivity index (χ1n) is 8.62. The second-order valence-corrected chi connectivity index (χ2v) is 6.93.